The van der Waals surface area contributed by atoms with Crippen LogP contribution in [0.4, 0.5) is 26.3 Å². The lowest BCUT2D eigenvalue weighted by atomic mass is 10.6. The monoisotopic (exact) mass is 488 g/mol. The molecule has 0 aromatic heterocycles. The van der Waals surface area contributed by atoms with Crippen LogP contribution in [0, 0.1) is 72.5 Å². The van der Waals surface area contributed by atoms with E-state index in [9.17, 15) is 26.3 Å². The van der Waals surface area contributed by atoms with E-state index in [0.29, 0.717) is 0 Å². The van der Waals surface area contributed by atoms with Crippen molar-refractivity contribution in [2.75, 3.05) is 6.67 Å². The number of halogens is 6. The van der Waals surface area contributed by atoms with Crippen LogP contribution in [0.15, 0.2) is 0 Å². The van der Waals surface area contributed by atoms with E-state index in [-0.39, 0.29) is 42.0 Å². The van der Waals surface area contributed by atoms with Crippen molar-refractivity contribution in [3.05, 3.63) is 0 Å². The Bertz CT molecular complexity index is 483. The number of alkyl halides is 6. The molecule has 0 heterocycles. The van der Waals surface area contributed by atoms with Crippen LogP contribution < -0.4 is 6.15 Å². The van der Waals surface area contributed by atoms with Crippen molar-refractivity contribution >= 4 is 0 Å². The fourth-order valence-electron chi connectivity index (χ4n) is 0.0722. The Kier molecular flexibility index (Phi) is 276. The number of hydrogen-bond donors (Lipinski definition) is 1. The summed E-state index contributed by atoms with van der Waals surface area (Å²) < 4.78 is 62.0. The normalized spacial score (nSPS) is 4.91. The van der Waals surface area contributed by atoms with E-state index in [0.717, 1.165) is 6.92 Å². The van der Waals surface area contributed by atoms with E-state index in [2.05, 4.69) is 54.8 Å². The highest BCUT2D eigenvalue weighted by molar-refractivity contribution is 5.20. The van der Waals surface area contributed by atoms with Crippen LogP contribution in [0.1, 0.15) is 77.7 Å². The highest BCUT2D eigenvalue weighted by atomic mass is 19.4. The number of hydrogen-bond acceptors (Lipinski definition) is 2. The lowest BCUT2D eigenvalue weighted by Gasteiger charge is -1.88. The van der Waals surface area contributed by atoms with Crippen LogP contribution in [0.25, 0.3) is 0 Å². The number of terminal acetylenes is 3. The zero-order chi connectivity index (χ0) is 25.7. The number of nitrogens with zero attached hydrogens (tertiary/aromatic N) is 1. The van der Waals surface area contributed by atoms with Gasteiger partial charge in [-0.1, -0.05) is 28.2 Å². The van der Waals surface area contributed by atoms with E-state index in [1.165, 1.54) is 13.8 Å². The third-order valence-electron chi connectivity index (χ3n) is 0.447. The van der Waals surface area contributed by atoms with Gasteiger partial charge >= 0.3 is 6.18 Å². The molecule has 8 heteroatoms. The molecule has 0 atom stereocenters. The molecule has 2 nitrogen and oxygen atoms in total. The van der Waals surface area contributed by atoms with E-state index >= 15 is 0 Å². The molecular weight excluding hydrogens is 442 g/mol. The number of rotatable bonds is 0. The Hall–Kier alpha value is -3.17. The number of nitriles is 1. The Labute approximate surface area is 202 Å². The molecule has 0 amide bonds. The summed E-state index contributed by atoms with van der Waals surface area (Å²) in [5, 5.41) is 7.32. The van der Waals surface area contributed by atoms with Crippen molar-refractivity contribution in [1.82, 2.24) is 6.15 Å². The minimum absolute atomic E-state index is 0. The molecule has 0 unspecified atom stereocenters. The predicted molar refractivity (Wildman–Crippen MR) is 137 cm³/mol. The van der Waals surface area contributed by atoms with Gasteiger partial charge in [-0.15, -0.1) is 43.5 Å². The Morgan fingerprint density at radius 3 is 0.970 bits per heavy atom. The molecular formula is C25H46F6N2. The summed E-state index contributed by atoms with van der Waals surface area (Å²) in [6.45, 7) is 10.7. The van der Waals surface area contributed by atoms with Crippen LogP contribution in [0.5, 0.6) is 0 Å². The van der Waals surface area contributed by atoms with E-state index in [1.807, 2.05) is 13.8 Å². The molecule has 0 aliphatic rings. The molecule has 0 bridgehead atoms. The molecule has 0 aromatic carbocycles. The van der Waals surface area contributed by atoms with Crippen molar-refractivity contribution in [3.63, 3.8) is 0 Å². The van der Waals surface area contributed by atoms with E-state index in [1.54, 1.807) is 19.9 Å². The molecule has 198 valence electrons. The quantitative estimate of drug-likeness (QED) is 0.273. The van der Waals surface area contributed by atoms with Gasteiger partial charge in [0, 0.05) is 13.8 Å². The van der Waals surface area contributed by atoms with E-state index in [4.69, 9.17) is 11.7 Å². The van der Waals surface area contributed by atoms with Crippen LogP contribution in [-0.4, -0.2) is 19.3 Å². The minimum Gasteiger partial charge on any atom is -0.344 e. The average Bonchev–Trinajstić information content (AvgIpc) is 2.58. The Morgan fingerprint density at radius 1 is 0.848 bits per heavy atom. The average molecular weight is 489 g/mol. The van der Waals surface area contributed by atoms with Gasteiger partial charge in [0.25, 0.3) is 0 Å². The minimum atomic E-state index is -4.00. The topological polar surface area (TPSA) is 58.8 Å². The molecule has 0 aromatic rings. The summed E-state index contributed by atoms with van der Waals surface area (Å²) in [7, 11) is 0. The second-order valence-electron chi connectivity index (χ2n) is 3.10. The molecule has 0 aliphatic carbocycles. The maximum absolute atomic E-state index is 10.4. The summed E-state index contributed by atoms with van der Waals surface area (Å²) in [6, 6.07) is 1.75. The molecule has 3 N–H and O–H groups in total. The molecule has 0 radical (unpaired) electrons. The standard InChI is InChI=1S/C5H4.C4H6.C3H4.C2H3F3.C2H4F2.C2H5F.C2H3N.C2H2.3CH4.H3N/c1-3-5-4-2;1-3-4-2;1-3-2;1-2(3,4)5;1-2(3)4;2*1-2-3;1-2;;;;/h1H,2H3;1-2H3;1H,2H3;1H3;2H,1H3;2H2,1H3;1H3;1-2H;3*1H4;1H3. The lowest BCUT2D eigenvalue weighted by molar-refractivity contribution is -0.110. The van der Waals surface area contributed by atoms with Gasteiger partial charge in [-0.2, -0.15) is 18.4 Å². The third-order valence-corrected chi connectivity index (χ3v) is 0.447. The smallest absolute Gasteiger partial charge is 0.344 e. The molecule has 0 saturated carbocycles. The molecule has 0 spiro atoms. The molecule has 0 aliphatic heterocycles. The molecule has 33 heavy (non-hydrogen) atoms. The second kappa shape index (κ2) is 117. The van der Waals surface area contributed by atoms with Crippen LogP contribution >= 0.6 is 0 Å². The summed E-state index contributed by atoms with van der Waals surface area (Å²) >= 11 is 0. The van der Waals surface area contributed by atoms with Gasteiger partial charge in [0.1, 0.15) is 0 Å². The van der Waals surface area contributed by atoms with Crippen LogP contribution in [0.2, 0.25) is 0 Å². The highest BCUT2D eigenvalue weighted by Gasteiger charge is 2.15. The van der Waals surface area contributed by atoms with Gasteiger partial charge in [-0.05, 0) is 53.4 Å². The van der Waals surface area contributed by atoms with Crippen molar-refractivity contribution in [3.8, 4) is 67.3 Å². The predicted octanol–water partition coefficient (Wildman–Crippen LogP) is 8.98. The molecule has 0 rings (SSSR count). The summed E-state index contributed by atoms with van der Waals surface area (Å²) in [5.74, 6) is 14.7. The molecule has 0 saturated heterocycles. The van der Waals surface area contributed by atoms with Crippen LogP contribution in [-0.2, 0) is 0 Å². The Morgan fingerprint density at radius 2 is 0.970 bits per heavy atom. The largest absolute Gasteiger partial charge is 0.386 e. The first-order valence-electron chi connectivity index (χ1n) is 7.44. The lowest BCUT2D eigenvalue weighted by Crippen LogP contribution is -1.95. The summed E-state index contributed by atoms with van der Waals surface area (Å²) in [6.07, 6.45) is 11.1. The van der Waals surface area contributed by atoms with Crippen molar-refractivity contribution < 1.29 is 26.3 Å². The summed E-state index contributed by atoms with van der Waals surface area (Å²) in [5.41, 5.74) is 0. The zero-order valence-corrected chi connectivity index (χ0v) is 19.0. The van der Waals surface area contributed by atoms with Crippen LogP contribution in [0.3, 0.4) is 0 Å². The van der Waals surface area contributed by atoms with Crippen molar-refractivity contribution in [1.29, 1.82) is 5.26 Å². The van der Waals surface area contributed by atoms with Crippen molar-refractivity contribution in [2.24, 2.45) is 0 Å². The maximum atomic E-state index is 10.4. The van der Waals surface area contributed by atoms with Gasteiger partial charge < -0.3 is 6.15 Å². The molecule has 0 fully saturated rings. The first-order chi connectivity index (χ1) is 13.3. The van der Waals surface area contributed by atoms with Gasteiger partial charge in [-0.25, -0.2) is 8.78 Å². The second-order valence-corrected chi connectivity index (χ2v) is 3.10. The Balaban J connectivity index is -0.0000000152. The zero-order valence-electron chi connectivity index (χ0n) is 19.0. The fourth-order valence-corrected chi connectivity index (χ4v) is 0.0722. The maximum Gasteiger partial charge on any atom is 0.386 e. The fraction of sp³-hybridized carbons (Fsp3) is 0.560. The first-order valence-corrected chi connectivity index (χ1v) is 7.44. The first kappa shape index (κ1) is 78.0. The van der Waals surface area contributed by atoms with E-state index < -0.39 is 12.6 Å². The van der Waals surface area contributed by atoms with Gasteiger partial charge in [0.2, 0.25) is 6.43 Å². The highest BCUT2D eigenvalue weighted by Crippen LogP contribution is 2.10. The summed E-state index contributed by atoms with van der Waals surface area (Å²) in [4.78, 5) is 0. The van der Waals surface area contributed by atoms with Gasteiger partial charge in [-0.3, -0.25) is 4.39 Å². The third kappa shape index (κ3) is 718000. The van der Waals surface area contributed by atoms with Crippen molar-refractivity contribution in [2.45, 2.75) is 90.3 Å². The van der Waals surface area contributed by atoms with Gasteiger partial charge in [0.15, 0.2) is 0 Å². The van der Waals surface area contributed by atoms with Gasteiger partial charge in [0.05, 0.1) is 12.7 Å². The SMILES string of the molecule is C.C.C.C#C.C#CC.C#CC#CC.CC#CC.CC#N.CC(F)(F)F.CC(F)F.CCF.N.